The summed E-state index contributed by atoms with van der Waals surface area (Å²) in [4.78, 5) is 17.0. The van der Waals surface area contributed by atoms with Gasteiger partial charge in [-0.1, -0.05) is 0 Å². The van der Waals surface area contributed by atoms with E-state index in [2.05, 4.69) is 27.4 Å². The van der Waals surface area contributed by atoms with Crippen molar-refractivity contribution < 1.29 is 0 Å². The summed E-state index contributed by atoms with van der Waals surface area (Å²) in [6.07, 6.45) is 7.19. The Balaban J connectivity index is 1.44. The third-order valence-electron chi connectivity index (χ3n) is 6.08. The first kappa shape index (κ1) is 11.9. The molecule has 4 saturated carbocycles. The van der Waals surface area contributed by atoms with Gasteiger partial charge in [-0.2, -0.15) is 0 Å². The topological polar surface area (TPSA) is 60.7 Å². The van der Waals surface area contributed by atoms with Crippen molar-refractivity contribution >= 4 is 16.7 Å². The van der Waals surface area contributed by atoms with E-state index < -0.39 is 0 Å². The number of aromatic nitrogens is 2. The SMILES string of the molecule is O=c1[nH]c2ccc(NC3C4CC5CC(C4)CC3C5)cc2[nH]1. The fraction of sp³-hybridized carbons (Fsp3) is 0.588. The van der Waals surface area contributed by atoms with E-state index in [0.717, 1.165) is 40.4 Å². The van der Waals surface area contributed by atoms with Gasteiger partial charge in [-0.25, -0.2) is 4.79 Å². The molecule has 1 aromatic carbocycles. The van der Waals surface area contributed by atoms with Gasteiger partial charge in [0.1, 0.15) is 0 Å². The molecule has 4 heteroatoms. The molecule has 4 aliphatic rings. The molecule has 21 heavy (non-hydrogen) atoms. The Hall–Kier alpha value is -1.71. The molecule has 0 amide bonds. The lowest BCUT2D eigenvalue weighted by molar-refractivity contribution is 0.00754. The summed E-state index contributed by atoms with van der Waals surface area (Å²) in [7, 11) is 0. The van der Waals surface area contributed by atoms with Gasteiger partial charge < -0.3 is 15.3 Å². The van der Waals surface area contributed by atoms with Crippen molar-refractivity contribution in [2.45, 2.75) is 38.1 Å². The van der Waals surface area contributed by atoms with Crippen LogP contribution in [0.5, 0.6) is 0 Å². The van der Waals surface area contributed by atoms with Gasteiger partial charge in [0.15, 0.2) is 0 Å². The van der Waals surface area contributed by atoms with Gasteiger partial charge >= 0.3 is 5.69 Å². The van der Waals surface area contributed by atoms with Crippen molar-refractivity contribution in [2.24, 2.45) is 23.7 Å². The van der Waals surface area contributed by atoms with Gasteiger partial charge in [0.25, 0.3) is 0 Å². The molecule has 4 fully saturated rings. The van der Waals surface area contributed by atoms with Gasteiger partial charge in [0.05, 0.1) is 11.0 Å². The third kappa shape index (κ3) is 1.84. The Labute approximate surface area is 123 Å². The van der Waals surface area contributed by atoms with Crippen LogP contribution in [0.25, 0.3) is 11.0 Å². The standard InChI is InChI=1S/C17H21N3O/c21-17-19-14-2-1-13(8-15(14)20-17)18-16-11-4-9-3-10(6-11)7-12(16)5-9/h1-2,8-12,16,18H,3-7H2,(H2,19,20,21). The highest BCUT2D eigenvalue weighted by atomic mass is 16.1. The molecule has 4 nitrogen and oxygen atoms in total. The van der Waals surface area contributed by atoms with E-state index in [4.69, 9.17) is 0 Å². The quantitative estimate of drug-likeness (QED) is 0.793. The number of anilines is 1. The molecular weight excluding hydrogens is 262 g/mol. The number of hydrogen-bond donors (Lipinski definition) is 3. The van der Waals surface area contributed by atoms with E-state index in [9.17, 15) is 4.79 Å². The van der Waals surface area contributed by atoms with Crippen LogP contribution in [0, 0.1) is 23.7 Å². The molecule has 0 unspecified atom stereocenters. The van der Waals surface area contributed by atoms with E-state index >= 15 is 0 Å². The largest absolute Gasteiger partial charge is 0.382 e. The van der Waals surface area contributed by atoms with Crippen molar-refractivity contribution in [2.75, 3.05) is 5.32 Å². The zero-order valence-corrected chi connectivity index (χ0v) is 12.1. The molecule has 4 bridgehead atoms. The summed E-state index contributed by atoms with van der Waals surface area (Å²) in [6, 6.07) is 6.79. The number of benzene rings is 1. The van der Waals surface area contributed by atoms with E-state index in [-0.39, 0.29) is 5.69 Å². The monoisotopic (exact) mass is 283 g/mol. The normalized spacial score (nSPS) is 37.2. The molecule has 0 atom stereocenters. The Morgan fingerprint density at radius 3 is 2.29 bits per heavy atom. The molecule has 3 N–H and O–H groups in total. The number of hydrogen-bond acceptors (Lipinski definition) is 2. The molecule has 110 valence electrons. The Morgan fingerprint density at radius 2 is 1.57 bits per heavy atom. The summed E-state index contributed by atoms with van der Waals surface area (Å²) in [5.74, 6) is 3.74. The summed E-state index contributed by atoms with van der Waals surface area (Å²) in [5, 5.41) is 3.79. The molecule has 0 radical (unpaired) electrons. The second kappa shape index (κ2) is 4.15. The van der Waals surface area contributed by atoms with E-state index in [1.165, 1.54) is 32.1 Å². The Kier molecular flexibility index (Phi) is 2.35. The minimum Gasteiger partial charge on any atom is -0.382 e. The van der Waals surface area contributed by atoms with Gasteiger partial charge in [0.2, 0.25) is 0 Å². The zero-order valence-electron chi connectivity index (χ0n) is 12.1. The number of fused-ring (bicyclic) bond motifs is 1. The number of H-pyrrole nitrogens is 2. The van der Waals surface area contributed by atoms with Crippen LogP contribution >= 0.6 is 0 Å². The summed E-state index contributed by atoms with van der Waals surface area (Å²) in [5.41, 5.74) is 2.80. The van der Waals surface area contributed by atoms with Crippen molar-refractivity contribution in [3.05, 3.63) is 28.7 Å². The van der Waals surface area contributed by atoms with Gasteiger partial charge in [0, 0.05) is 11.7 Å². The average molecular weight is 283 g/mol. The average Bonchev–Trinajstić information content (AvgIpc) is 2.81. The first-order chi connectivity index (χ1) is 10.2. The smallest absolute Gasteiger partial charge is 0.323 e. The van der Waals surface area contributed by atoms with Crippen molar-refractivity contribution in [1.82, 2.24) is 9.97 Å². The number of rotatable bonds is 2. The van der Waals surface area contributed by atoms with E-state index in [1.54, 1.807) is 0 Å². The predicted molar refractivity (Wildman–Crippen MR) is 83.4 cm³/mol. The zero-order chi connectivity index (χ0) is 14.0. The third-order valence-corrected chi connectivity index (χ3v) is 6.08. The molecule has 1 heterocycles. The number of aromatic amines is 2. The maximum Gasteiger partial charge on any atom is 0.323 e. The molecular formula is C17H21N3O. The van der Waals surface area contributed by atoms with Crippen LogP contribution in [0.15, 0.2) is 23.0 Å². The lowest BCUT2D eigenvalue weighted by Gasteiger charge is -2.54. The highest BCUT2D eigenvalue weighted by Gasteiger charge is 2.48. The number of nitrogens with one attached hydrogen (secondary N) is 3. The van der Waals surface area contributed by atoms with Gasteiger partial charge in [-0.3, -0.25) is 0 Å². The van der Waals surface area contributed by atoms with Crippen LogP contribution in [0.1, 0.15) is 32.1 Å². The molecule has 0 saturated heterocycles. The first-order valence-corrected chi connectivity index (χ1v) is 8.23. The fourth-order valence-corrected chi connectivity index (χ4v) is 5.48. The lowest BCUT2D eigenvalue weighted by atomic mass is 9.54. The van der Waals surface area contributed by atoms with Crippen molar-refractivity contribution in [3.8, 4) is 0 Å². The van der Waals surface area contributed by atoms with Crippen molar-refractivity contribution in [1.29, 1.82) is 0 Å². The van der Waals surface area contributed by atoms with Crippen LogP contribution in [-0.2, 0) is 0 Å². The minimum absolute atomic E-state index is 0.128. The second-order valence-corrected chi connectivity index (χ2v) is 7.44. The van der Waals surface area contributed by atoms with Crippen molar-refractivity contribution in [3.63, 3.8) is 0 Å². The maximum absolute atomic E-state index is 11.4. The molecule has 4 aliphatic carbocycles. The first-order valence-electron chi connectivity index (χ1n) is 8.23. The molecule has 0 aliphatic heterocycles. The fourth-order valence-electron chi connectivity index (χ4n) is 5.48. The van der Waals surface area contributed by atoms with Gasteiger partial charge in [-0.15, -0.1) is 0 Å². The highest BCUT2D eigenvalue weighted by molar-refractivity contribution is 5.78. The molecule has 0 spiro atoms. The maximum atomic E-state index is 11.4. The lowest BCUT2D eigenvalue weighted by Crippen LogP contribution is -2.51. The van der Waals surface area contributed by atoms with Crippen LogP contribution in [0.3, 0.4) is 0 Å². The summed E-state index contributed by atoms with van der Waals surface area (Å²) >= 11 is 0. The molecule has 1 aromatic heterocycles. The predicted octanol–water partition coefficient (Wildman–Crippen LogP) is 3.09. The second-order valence-electron chi connectivity index (χ2n) is 7.44. The highest BCUT2D eigenvalue weighted by Crippen LogP contribution is 2.54. The number of imidazole rings is 1. The summed E-state index contributed by atoms with van der Waals surface area (Å²) in [6.45, 7) is 0. The minimum atomic E-state index is -0.128. The summed E-state index contributed by atoms with van der Waals surface area (Å²) < 4.78 is 0. The van der Waals surface area contributed by atoms with Crippen LogP contribution in [0.2, 0.25) is 0 Å². The van der Waals surface area contributed by atoms with Crippen LogP contribution in [-0.4, -0.2) is 16.0 Å². The van der Waals surface area contributed by atoms with Crippen LogP contribution < -0.4 is 11.0 Å². The van der Waals surface area contributed by atoms with Crippen LogP contribution in [0.4, 0.5) is 5.69 Å². The Morgan fingerprint density at radius 1 is 0.905 bits per heavy atom. The molecule has 2 aromatic rings. The Bertz CT molecular complexity index is 716. The van der Waals surface area contributed by atoms with E-state index in [0.29, 0.717) is 6.04 Å². The molecule has 6 rings (SSSR count). The van der Waals surface area contributed by atoms with Gasteiger partial charge in [-0.05, 0) is 74.0 Å². The van der Waals surface area contributed by atoms with E-state index in [1.807, 2.05) is 6.07 Å².